The quantitative estimate of drug-likeness (QED) is 0.565. The molecule has 0 saturated heterocycles. The molecule has 0 N–H and O–H groups in total. The first kappa shape index (κ1) is 15.8. The standard InChI is InChI=1S/C19H14N4O3/c1-25-15-9-7-14(8-10-15)23-12-11-16(24)17(21-23)19-20-18(22-26-19)13-5-3-2-4-6-13/h2-12H,1H3. The molecule has 0 amide bonds. The van der Waals surface area contributed by atoms with Crippen LogP contribution in [-0.2, 0) is 0 Å². The average molecular weight is 346 g/mol. The second-order valence-electron chi connectivity index (χ2n) is 5.46. The molecule has 4 aromatic rings. The zero-order valence-electron chi connectivity index (χ0n) is 13.9. The maximum absolute atomic E-state index is 12.2. The Morgan fingerprint density at radius 1 is 1.00 bits per heavy atom. The number of aromatic nitrogens is 4. The summed E-state index contributed by atoms with van der Waals surface area (Å²) in [5.41, 5.74) is 1.37. The van der Waals surface area contributed by atoms with Crippen molar-refractivity contribution in [3.05, 3.63) is 77.1 Å². The third-order valence-electron chi connectivity index (χ3n) is 3.81. The minimum Gasteiger partial charge on any atom is -0.497 e. The number of nitrogens with zero attached hydrogens (tertiary/aromatic N) is 4. The normalized spacial score (nSPS) is 10.7. The van der Waals surface area contributed by atoms with Crippen molar-refractivity contribution in [3.8, 4) is 34.4 Å². The summed E-state index contributed by atoms with van der Waals surface area (Å²) in [6, 6.07) is 18.1. The van der Waals surface area contributed by atoms with Crippen molar-refractivity contribution in [3.63, 3.8) is 0 Å². The van der Waals surface area contributed by atoms with Crippen LogP contribution < -0.4 is 10.2 Å². The molecule has 4 rings (SSSR count). The second kappa shape index (κ2) is 6.64. The van der Waals surface area contributed by atoms with Gasteiger partial charge >= 0.3 is 0 Å². The molecular weight excluding hydrogens is 332 g/mol. The molecule has 2 aromatic heterocycles. The molecule has 26 heavy (non-hydrogen) atoms. The van der Waals surface area contributed by atoms with E-state index in [1.54, 1.807) is 18.0 Å². The number of benzene rings is 2. The van der Waals surface area contributed by atoms with Gasteiger partial charge in [-0.1, -0.05) is 35.5 Å². The van der Waals surface area contributed by atoms with Crippen molar-refractivity contribution in [1.29, 1.82) is 0 Å². The number of ether oxygens (including phenoxy) is 1. The highest BCUT2D eigenvalue weighted by Gasteiger charge is 2.16. The van der Waals surface area contributed by atoms with Gasteiger partial charge in [-0.15, -0.1) is 0 Å². The van der Waals surface area contributed by atoms with Gasteiger partial charge in [-0.2, -0.15) is 10.1 Å². The van der Waals surface area contributed by atoms with Crippen LogP contribution in [0.15, 0.2) is 76.2 Å². The zero-order chi connectivity index (χ0) is 17.9. The first-order valence-electron chi connectivity index (χ1n) is 7.88. The van der Waals surface area contributed by atoms with Crippen LogP contribution in [0.5, 0.6) is 5.75 Å². The molecule has 0 bridgehead atoms. The third-order valence-corrected chi connectivity index (χ3v) is 3.81. The largest absolute Gasteiger partial charge is 0.497 e. The highest BCUT2D eigenvalue weighted by Crippen LogP contribution is 2.19. The lowest BCUT2D eigenvalue weighted by molar-refractivity contribution is 0.414. The van der Waals surface area contributed by atoms with Crippen molar-refractivity contribution in [2.45, 2.75) is 0 Å². The maximum atomic E-state index is 12.2. The Balaban J connectivity index is 1.73. The second-order valence-corrected chi connectivity index (χ2v) is 5.46. The van der Waals surface area contributed by atoms with E-state index in [1.807, 2.05) is 54.6 Å². The molecule has 0 atom stereocenters. The number of hydrogen-bond acceptors (Lipinski definition) is 6. The summed E-state index contributed by atoms with van der Waals surface area (Å²) in [6.07, 6.45) is 1.59. The first-order valence-corrected chi connectivity index (χ1v) is 7.88. The molecule has 0 saturated carbocycles. The Morgan fingerprint density at radius 3 is 2.50 bits per heavy atom. The fourth-order valence-corrected chi connectivity index (χ4v) is 2.46. The summed E-state index contributed by atoms with van der Waals surface area (Å²) in [5, 5.41) is 8.28. The Bertz CT molecular complexity index is 1090. The molecule has 7 nitrogen and oxygen atoms in total. The monoisotopic (exact) mass is 346 g/mol. The Morgan fingerprint density at radius 2 is 1.77 bits per heavy atom. The van der Waals surface area contributed by atoms with Gasteiger partial charge in [0, 0.05) is 17.8 Å². The fraction of sp³-hybridized carbons (Fsp3) is 0.0526. The molecule has 0 aliphatic heterocycles. The molecule has 0 radical (unpaired) electrons. The van der Waals surface area contributed by atoms with Crippen LogP contribution in [0, 0.1) is 0 Å². The van der Waals surface area contributed by atoms with Crippen LogP contribution in [0.25, 0.3) is 28.7 Å². The minimum absolute atomic E-state index is 0.0803. The molecular formula is C19H14N4O3. The van der Waals surface area contributed by atoms with E-state index in [0.717, 1.165) is 17.0 Å². The van der Waals surface area contributed by atoms with Crippen molar-refractivity contribution in [2.24, 2.45) is 0 Å². The molecule has 2 heterocycles. The van der Waals surface area contributed by atoms with Gasteiger partial charge in [0.2, 0.25) is 11.3 Å². The summed E-state index contributed by atoms with van der Waals surface area (Å²) in [6.45, 7) is 0. The van der Waals surface area contributed by atoms with Crippen molar-refractivity contribution < 1.29 is 9.26 Å². The van der Waals surface area contributed by atoms with Crippen LogP contribution in [-0.4, -0.2) is 27.0 Å². The summed E-state index contributed by atoms with van der Waals surface area (Å²) < 4.78 is 12.0. The molecule has 0 fully saturated rings. The maximum Gasteiger partial charge on any atom is 0.282 e. The van der Waals surface area contributed by atoms with E-state index >= 15 is 0 Å². The van der Waals surface area contributed by atoms with E-state index in [2.05, 4.69) is 15.2 Å². The van der Waals surface area contributed by atoms with Gasteiger partial charge in [-0.05, 0) is 24.3 Å². The van der Waals surface area contributed by atoms with Gasteiger partial charge in [0.1, 0.15) is 5.75 Å². The van der Waals surface area contributed by atoms with Gasteiger partial charge in [0.15, 0.2) is 5.69 Å². The highest BCUT2D eigenvalue weighted by molar-refractivity contribution is 5.57. The SMILES string of the molecule is COc1ccc(-n2ccc(=O)c(-c3nc(-c4ccccc4)no3)n2)cc1. The topological polar surface area (TPSA) is 83.0 Å². The highest BCUT2D eigenvalue weighted by atomic mass is 16.5. The van der Waals surface area contributed by atoms with Gasteiger partial charge < -0.3 is 9.26 Å². The molecule has 128 valence electrons. The van der Waals surface area contributed by atoms with E-state index in [-0.39, 0.29) is 17.0 Å². The molecule has 0 unspecified atom stereocenters. The minimum atomic E-state index is -0.293. The van der Waals surface area contributed by atoms with Gasteiger partial charge in [0.25, 0.3) is 5.89 Å². The van der Waals surface area contributed by atoms with E-state index in [0.29, 0.717) is 5.82 Å². The van der Waals surface area contributed by atoms with Crippen LogP contribution in [0.2, 0.25) is 0 Å². The van der Waals surface area contributed by atoms with Gasteiger partial charge in [0.05, 0.1) is 12.8 Å². The Labute approximate surface area is 148 Å². The summed E-state index contributed by atoms with van der Waals surface area (Å²) in [5.74, 6) is 1.22. The van der Waals surface area contributed by atoms with Gasteiger partial charge in [-0.3, -0.25) is 4.79 Å². The van der Waals surface area contributed by atoms with Crippen LogP contribution >= 0.6 is 0 Å². The lowest BCUT2D eigenvalue weighted by atomic mass is 10.2. The fourth-order valence-electron chi connectivity index (χ4n) is 2.46. The summed E-state index contributed by atoms with van der Waals surface area (Å²) in [4.78, 5) is 16.5. The number of methoxy groups -OCH3 is 1. The summed E-state index contributed by atoms with van der Waals surface area (Å²) in [7, 11) is 1.60. The van der Waals surface area contributed by atoms with Crippen molar-refractivity contribution in [1.82, 2.24) is 19.9 Å². The average Bonchev–Trinajstić information content (AvgIpc) is 3.19. The molecule has 0 aliphatic carbocycles. The summed E-state index contributed by atoms with van der Waals surface area (Å²) >= 11 is 0. The predicted octanol–water partition coefficient (Wildman–Crippen LogP) is 2.96. The predicted molar refractivity (Wildman–Crippen MR) is 95.1 cm³/mol. The molecule has 2 aromatic carbocycles. The van der Waals surface area contributed by atoms with Crippen LogP contribution in [0.1, 0.15) is 0 Å². The lowest BCUT2D eigenvalue weighted by Gasteiger charge is -2.06. The van der Waals surface area contributed by atoms with Crippen LogP contribution in [0.3, 0.4) is 0 Å². The Kier molecular flexibility index (Phi) is 4.03. The Hall–Kier alpha value is -3.74. The van der Waals surface area contributed by atoms with Gasteiger partial charge in [-0.25, -0.2) is 4.68 Å². The molecule has 7 heteroatoms. The van der Waals surface area contributed by atoms with Crippen LogP contribution in [0.4, 0.5) is 0 Å². The molecule has 0 spiro atoms. The number of rotatable bonds is 4. The van der Waals surface area contributed by atoms with E-state index < -0.39 is 0 Å². The van der Waals surface area contributed by atoms with E-state index in [4.69, 9.17) is 9.26 Å². The van der Waals surface area contributed by atoms with Crippen molar-refractivity contribution >= 4 is 0 Å². The third kappa shape index (κ3) is 2.98. The lowest BCUT2D eigenvalue weighted by Crippen LogP contribution is -2.12. The van der Waals surface area contributed by atoms with E-state index in [9.17, 15) is 4.79 Å². The number of hydrogen-bond donors (Lipinski definition) is 0. The zero-order valence-corrected chi connectivity index (χ0v) is 13.9. The molecule has 0 aliphatic rings. The van der Waals surface area contributed by atoms with Crippen molar-refractivity contribution in [2.75, 3.05) is 7.11 Å². The first-order chi connectivity index (χ1) is 12.7. The smallest absolute Gasteiger partial charge is 0.282 e. The van der Waals surface area contributed by atoms with E-state index in [1.165, 1.54) is 6.07 Å².